The lowest BCUT2D eigenvalue weighted by Gasteiger charge is -1.96. The van der Waals surface area contributed by atoms with Crippen molar-refractivity contribution in [3.63, 3.8) is 0 Å². The number of H-pyrrole nitrogens is 1. The summed E-state index contributed by atoms with van der Waals surface area (Å²) in [5.41, 5.74) is -0.339. The summed E-state index contributed by atoms with van der Waals surface area (Å²) in [6, 6.07) is 2.63. The van der Waals surface area contributed by atoms with Gasteiger partial charge < -0.3 is 0 Å². The van der Waals surface area contributed by atoms with Crippen molar-refractivity contribution in [3.05, 3.63) is 34.6 Å². The van der Waals surface area contributed by atoms with Gasteiger partial charge in [-0.25, -0.2) is 18.3 Å². The van der Waals surface area contributed by atoms with Crippen LogP contribution in [-0.2, 0) is 9.84 Å². The second-order valence-corrected chi connectivity index (χ2v) is 4.52. The molecule has 2 aromatic rings. The van der Waals surface area contributed by atoms with Gasteiger partial charge in [-0.15, -0.1) is 5.10 Å². The van der Waals surface area contributed by atoms with E-state index in [4.69, 9.17) is 0 Å². The molecule has 7 nitrogen and oxygen atoms in total. The molecule has 0 fully saturated rings. The van der Waals surface area contributed by atoms with Gasteiger partial charge in [0.15, 0.2) is 10.7 Å². The van der Waals surface area contributed by atoms with Crippen LogP contribution in [0, 0.1) is 0 Å². The minimum Gasteiger partial charge on any atom is -0.244 e. The van der Waals surface area contributed by atoms with Crippen molar-refractivity contribution in [1.82, 2.24) is 19.8 Å². The summed E-state index contributed by atoms with van der Waals surface area (Å²) in [6.07, 6.45) is 0. The number of nitrogens with one attached hydrogen (secondary N) is 1. The van der Waals surface area contributed by atoms with Crippen LogP contribution in [0.25, 0.3) is 5.65 Å². The van der Waals surface area contributed by atoms with Gasteiger partial charge in [-0.3, -0.25) is 0 Å². The molecule has 0 saturated carbocycles. The van der Waals surface area contributed by atoms with Gasteiger partial charge in [0.05, 0.1) is 0 Å². The monoisotopic (exact) mass is 226 g/mol. The highest BCUT2D eigenvalue weighted by atomic mass is 32.2. The van der Waals surface area contributed by atoms with E-state index in [1.165, 1.54) is 12.1 Å². The maximum Gasteiger partial charge on any atom is 0.364 e. The average molecular weight is 226 g/mol. The van der Waals surface area contributed by atoms with Gasteiger partial charge in [0, 0.05) is 5.41 Å². The standard InChI is InChI=1S/C7H6N4O3S/c1-2-15(13,14)6-4-3-5-8-9-7(12)11(5)10-6/h2-4H,1H2,(H,9,12). The molecule has 0 aliphatic carbocycles. The quantitative estimate of drug-likeness (QED) is 0.732. The Balaban J connectivity index is 2.81. The van der Waals surface area contributed by atoms with Crippen molar-refractivity contribution in [2.45, 2.75) is 5.03 Å². The lowest BCUT2D eigenvalue weighted by atomic mass is 10.6. The van der Waals surface area contributed by atoms with Crippen molar-refractivity contribution < 1.29 is 8.42 Å². The zero-order chi connectivity index (χ0) is 11.1. The molecule has 0 saturated heterocycles. The second-order valence-electron chi connectivity index (χ2n) is 2.68. The summed E-state index contributed by atoms with van der Waals surface area (Å²) < 4.78 is 23.6. The van der Waals surface area contributed by atoms with Gasteiger partial charge in [-0.05, 0) is 12.1 Å². The lowest BCUT2D eigenvalue weighted by Crippen LogP contribution is -2.14. The molecule has 0 radical (unpaired) electrons. The number of fused-ring (bicyclic) bond motifs is 1. The van der Waals surface area contributed by atoms with Gasteiger partial charge in [-0.2, -0.15) is 9.61 Å². The highest BCUT2D eigenvalue weighted by Gasteiger charge is 2.13. The molecule has 2 heterocycles. The summed E-state index contributed by atoms with van der Waals surface area (Å²) >= 11 is 0. The molecule has 0 spiro atoms. The average Bonchev–Trinajstić information content (AvgIpc) is 2.60. The Hall–Kier alpha value is -1.96. The summed E-state index contributed by atoms with van der Waals surface area (Å²) in [6.45, 7) is 3.16. The Morgan fingerprint density at radius 3 is 2.87 bits per heavy atom. The number of hydrogen-bond donors (Lipinski definition) is 1. The Kier molecular flexibility index (Phi) is 1.93. The first kappa shape index (κ1) is 9.59. The molecule has 0 aliphatic rings. The van der Waals surface area contributed by atoms with Crippen LogP contribution >= 0.6 is 0 Å². The van der Waals surface area contributed by atoms with Crippen molar-refractivity contribution in [2.24, 2.45) is 0 Å². The van der Waals surface area contributed by atoms with E-state index in [1.54, 1.807) is 0 Å². The summed E-state index contributed by atoms with van der Waals surface area (Å²) in [7, 11) is -3.63. The van der Waals surface area contributed by atoms with E-state index in [9.17, 15) is 13.2 Å². The molecular weight excluding hydrogens is 220 g/mol. The minimum absolute atomic E-state index is 0.242. The number of hydrogen-bond acceptors (Lipinski definition) is 5. The number of aromatic nitrogens is 4. The maximum atomic E-state index is 11.4. The maximum absolute atomic E-state index is 11.4. The molecule has 0 amide bonds. The summed E-state index contributed by atoms with van der Waals surface area (Å²) in [5.74, 6) is 0. The molecule has 8 heteroatoms. The Bertz CT molecular complexity index is 682. The number of aromatic amines is 1. The van der Waals surface area contributed by atoms with Crippen LogP contribution < -0.4 is 5.69 Å². The Labute approximate surface area is 84.0 Å². The highest BCUT2D eigenvalue weighted by molar-refractivity contribution is 7.94. The normalized spacial score (nSPS) is 11.7. The Morgan fingerprint density at radius 2 is 2.20 bits per heavy atom. The van der Waals surface area contributed by atoms with Gasteiger partial charge in [-0.1, -0.05) is 6.58 Å². The van der Waals surface area contributed by atoms with E-state index in [2.05, 4.69) is 21.9 Å². The highest BCUT2D eigenvalue weighted by Crippen LogP contribution is 2.07. The molecule has 2 aromatic heterocycles. The molecule has 1 N–H and O–H groups in total. The van der Waals surface area contributed by atoms with E-state index in [0.29, 0.717) is 0 Å². The van der Waals surface area contributed by atoms with Crippen molar-refractivity contribution in [1.29, 1.82) is 0 Å². The molecule has 0 unspecified atom stereocenters. The summed E-state index contributed by atoms with van der Waals surface area (Å²) in [5, 5.41) is 9.91. The van der Waals surface area contributed by atoms with E-state index in [1.807, 2.05) is 0 Å². The van der Waals surface area contributed by atoms with E-state index in [-0.39, 0.29) is 10.7 Å². The molecule has 0 aromatic carbocycles. The van der Waals surface area contributed by atoms with E-state index < -0.39 is 15.5 Å². The first-order valence-corrected chi connectivity index (χ1v) is 5.41. The molecule has 0 atom stereocenters. The van der Waals surface area contributed by atoms with Crippen LogP contribution in [0.15, 0.2) is 33.9 Å². The first-order valence-electron chi connectivity index (χ1n) is 3.86. The number of nitrogens with zero attached hydrogens (tertiary/aromatic N) is 3. The zero-order valence-corrected chi connectivity index (χ0v) is 8.23. The van der Waals surface area contributed by atoms with Crippen LogP contribution in [0.2, 0.25) is 0 Å². The number of sulfone groups is 1. The molecule has 78 valence electrons. The fourth-order valence-electron chi connectivity index (χ4n) is 1.02. The topological polar surface area (TPSA) is 97.2 Å². The van der Waals surface area contributed by atoms with Crippen LogP contribution in [0.1, 0.15) is 0 Å². The van der Waals surface area contributed by atoms with Crippen molar-refractivity contribution in [3.8, 4) is 0 Å². The predicted octanol–water partition coefficient (Wildman–Crippen LogP) is -0.665. The largest absolute Gasteiger partial charge is 0.364 e. The fraction of sp³-hybridized carbons (Fsp3) is 0. The first-order chi connectivity index (χ1) is 7.04. The SMILES string of the molecule is C=CS(=O)(=O)c1ccc2n[nH]c(=O)n2n1. The van der Waals surface area contributed by atoms with E-state index >= 15 is 0 Å². The molecular formula is C7H6N4O3S. The number of rotatable bonds is 2. The molecule has 2 rings (SSSR count). The third-order valence-electron chi connectivity index (χ3n) is 1.76. The second kappa shape index (κ2) is 3.02. The van der Waals surface area contributed by atoms with Gasteiger partial charge in [0.25, 0.3) is 0 Å². The fourth-order valence-corrected chi connectivity index (χ4v) is 1.65. The predicted molar refractivity (Wildman–Crippen MR) is 51.0 cm³/mol. The van der Waals surface area contributed by atoms with Crippen LogP contribution in [0.5, 0.6) is 0 Å². The zero-order valence-electron chi connectivity index (χ0n) is 7.41. The third kappa shape index (κ3) is 1.44. The smallest absolute Gasteiger partial charge is 0.244 e. The minimum atomic E-state index is -3.63. The van der Waals surface area contributed by atoms with Crippen molar-refractivity contribution in [2.75, 3.05) is 0 Å². The molecule has 0 bridgehead atoms. The summed E-state index contributed by atoms with van der Waals surface area (Å²) in [4.78, 5) is 11.1. The van der Waals surface area contributed by atoms with Gasteiger partial charge in [0.2, 0.25) is 9.84 Å². The lowest BCUT2D eigenvalue weighted by molar-refractivity contribution is 0.597. The van der Waals surface area contributed by atoms with Crippen LogP contribution in [-0.4, -0.2) is 28.2 Å². The van der Waals surface area contributed by atoms with Gasteiger partial charge in [0.1, 0.15) is 0 Å². The van der Waals surface area contributed by atoms with Crippen LogP contribution in [0.4, 0.5) is 0 Å². The van der Waals surface area contributed by atoms with Crippen LogP contribution in [0.3, 0.4) is 0 Å². The molecule has 0 aliphatic heterocycles. The third-order valence-corrected chi connectivity index (χ3v) is 3.00. The van der Waals surface area contributed by atoms with Crippen molar-refractivity contribution >= 4 is 15.5 Å². The van der Waals surface area contributed by atoms with Gasteiger partial charge >= 0.3 is 5.69 Å². The molecule has 15 heavy (non-hydrogen) atoms. The van der Waals surface area contributed by atoms with E-state index in [0.717, 1.165) is 9.92 Å². The Morgan fingerprint density at radius 1 is 1.47 bits per heavy atom.